The Morgan fingerprint density at radius 1 is 1.20 bits per heavy atom. The van der Waals surface area contributed by atoms with E-state index in [0.29, 0.717) is 5.04 Å². The zero-order valence-corrected chi connectivity index (χ0v) is 12.4. The summed E-state index contributed by atoms with van der Waals surface area (Å²) >= 11 is 0. The molecular formula is C13H28OSi. The van der Waals surface area contributed by atoms with Gasteiger partial charge in [-0.1, -0.05) is 40.8 Å². The normalized spacial score (nSPS) is 29.2. The lowest BCUT2D eigenvalue weighted by atomic mass is 10.1. The minimum Gasteiger partial charge on any atom is -0.378 e. The molecule has 1 aliphatic heterocycles. The summed E-state index contributed by atoms with van der Waals surface area (Å²) in [5.74, 6) is 0. The maximum absolute atomic E-state index is 6.27. The van der Waals surface area contributed by atoms with Crippen LogP contribution in [0.2, 0.25) is 18.1 Å². The second kappa shape index (κ2) is 4.21. The molecule has 0 N–H and O–H groups in total. The summed E-state index contributed by atoms with van der Waals surface area (Å²) in [6.07, 6.45) is 5.11. The molecule has 0 aromatic rings. The van der Waals surface area contributed by atoms with Crippen LogP contribution in [0.1, 0.15) is 53.4 Å². The second-order valence-electron chi connectivity index (χ2n) is 6.53. The average molecular weight is 228 g/mol. The smallest absolute Gasteiger partial charge is 0.0907 e. The van der Waals surface area contributed by atoms with Crippen molar-refractivity contribution in [2.24, 2.45) is 0 Å². The van der Waals surface area contributed by atoms with Gasteiger partial charge in [0, 0.05) is 6.61 Å². The van der Waals surface area contributed by atoms with E-state index in [0.717, 1.165) is 6.61 Å². The van der Waals surface area contributed by atoms with Gasteiger partial charge in [-0.2, -0.15) is 0 Å². The first-order chi connectivity index (χ1) is 6.77. The van der Waals surface area contributed by atoms with Gasteiger partial charge in [-0.15, -0.1) is 0 Å². The minimum atomic E-state index is -1.38. The van der Waals surface area contributed by atoms with E-state index < -0.39 is 8.07 Å². The van der Waals surface area contributed by atoms with Crippen molar-refractivity contribution < 1.29 is 4.74 Å². The summed E-state index contributed by atoms with van der Waals surface area (Å²) in [6.45, 7) is 15.5. The first kappa shape index (κ1) is 13.2. The van der Waals surface area contributed by atoms with E-state index in [-0.39, 0.29) is 5.22 Å². The number of ether oxygens (including phenoxy) is 1. The summed E-state index contributed by atoms with van der Waals surface area (Å²) in [4.78, 5) is 0. The summed E-state index contributed by atoms with van der Waals surface area (Å²) in [5.41, 5.74) is 0. The van der Waals surface area contributed by atoms with Crippen molar-refractivity contribution in [3.63, 3.8) is 0 Å². The third-order valence-corrected chi connectivity index (χ3v) is 11.7. The van der Waals surface area contributed by atoms with E-state index >= 15 is 0 Å². The van der Waals surface area contributed by atoms with Crippen LogP contribution < -0.4 is 0 Å². The molecule has 1 saturated heterocycles. The van der Waals surface area contributed by atoms with E-state index in [1.54, 1.807) is 0 Å². The zero-order chi connectivity index (χ0) is 11.7. The van der Waals surface area contributed by atoms with Crippen molar-refractivity contribution >= 4 is 8.07 Å². The van der Waals surface area contributed by atoms with Crippen LogP contribution in [0, 0.1) is 0 Å². The first-order valence-electron chi connectivity index (χ1n) is 6.41. The minimum absolute atomic E-state index is 0.240. The summed E-state index contributed by atoms with van der Waals surface area (Å²) in [7, 11) is -1.38. The lowest BCUT2D eigenvalue weighted by Crippen LogP contribution is -2.62. The molecule has 0 saturated carbocycles. The third kappa shape index (κ3) is 2.16. The summed E-state index contributed by atoms with van der Waals surface area (Å²) < 4.78 is 6.27. The number of hydrogen-bond acceptors (Lipinski definition) is 1. The molecule has 90 valence electrons. The molecule has 1 nitrogen and oxygen atoms in total. The Morgan fingerprint density at radius 2 is 1.80 bits per heavy atom. The molecular weight excluding hydrogens is 200 g/mol. The van der Waals surface area contributed by atoms with Crippen LogP contribution in [0.4, 0.5) is 0 Å². The molecule has 2 heteroatoms. The predicted octanol–water partition coefficient (Wildman–Crippen LogP) is 4.38. The molecule has 1 aliphatic rings. The van der Waals surface area contributed by atoms with Crippen molar-refractivity contribution in [3.05, 3.63) is 0 Å². The first-order valence-corrected chi connectivity index (χ1v) is 9.41. The molecule has 1 heterocycles. The van der Waals surface area contributed by atoms with Gasteiger partial charge in [0.15, 0.2) is 0 Å². The van der Waals surface area contributed by atoms with Gasteiger partial charge in [0.1, 0.15) is 0 Å². The Labute approximate surface area is 96.6 Å². The molecule has 15 heavy (non-hydrogen) atoms. The van der Waals surface area contributed by atoms with Crippen LogP contribution >= 0.6 is 0 Å². The Hall–Kier alpha value is 0.177. The standard InChI is InChI=1S/C13H28OSi/c1-7-13(10-8-9-11-14-13)15(5,6)12(2,3)4/h7-11H2,1-6H3. The highest BCUT2D eigenvalue weighted by molar-refractivity contribution is 6.82. The highest BCUT2D eigenvalue weighted by Crippen LogP contribution is 2.49. The largest absolute Gasteiger partial charge is 0.378 e. The van der Waals surface area contributed by atoms with Gasteiger partial charge in [-0.3, -0.25) is 0 Å². The van der Waals surface area contributed by atoms with Crippen molar-refractivity contribution in [2.45, 2.75) is 76.7 Å². The Balaban J connectivity index is 2.98. The summed E-state index contributed by atoms with van der Waals surface area (Å²) in [5, 5.41) is 0.670. The van der Waals surface area contributed by atoms with Crippen molar-refractivity contribution in [3.8, 4) is 0 Å². The molecule has 1 unspecified atom stereocenters. The van der Waals surface area contributed by atoms with Gasteiger partial charge in [0.2, 0.25) is 0 Å². The van der Waals surface area contributed by atoms with E-state index in [2.05, 4.69) is 40.8 Å². The average Bonchev–Trinajstić information content (AvgIpc) is 2.17. The lowest BCUT2D eigenvalue weighted by Gasteiger charge is -2.53. The van der Waals surface area contributed by atoms with Crippen molar-refractivity contribution in [1.29, 1.82) is 0 Å². The molecule has 1 fully saturated rings. The van der Waals surface area contributed by atoms with Crippen LogP contribution in [-0.2, 0) is 4.74 Å². The van der Waals surface area contributed by atoms with E-state index in [9.17, 15) is 0 Å². The number of rotatable bonds is 2. The van der Waals surface area contributed by atoms with Crippen LogP contribution in [0.25, 0.3) is 0 Å². The maximum atomic E-state index is 6.27. The highest BCUT2D eigenvalue weighted by Gasteiger charge is 2.53. The highest BCUT2D eigenvalue weighted by atomic mass is 28.3. The fraction of sp³-hybridized carbons (Fsp3) is 1.00. The number of hydrogen-bond donors (Lipinski definition) is 0. The van der Waals surface area contributed by atoms with Gasteiger partial charge >= 0.3 is 0 Å². The van der Waals surface area contributed by atoms with E-state index in [1.807, 2.05) is 0 Å². The van der Waals surface area contributed by atoms with Gasteiger partial charge in [0.05, 0.1) is 13.3 Å². The van der Waals surface area contributed by atoms with Crippen LogP contribution in [-0.4, -0.2) is 19.9 Å². The lowest BCUT2D eigenvalue weighted by molar-refractivity contribution is -0.0308. The molecule has 0 radical (unpaired) electrons. The Bertz CT molecular complexity index is 209. The maximum Gasteiger partial charge on any atom is 0.0907 e. The van der Waals surface area contributed by atoms with Gasteiger partial charge in [0.25, 0.3) is 0 Å². The van der Waals surface area contributed by atoms with E-state index in [1.165, 1.54) is 25.7 Å². The Morgan fingerprint density at radius 3 is 2.13 bits per heavy atom. The molecule has 0 aromatic carbocycles. The van der Waals surface area contributed by atoms with Gasteiger partial charge in [-0.25, -0.2) is 0 Å². The Kier molecular flexibility index (Phi) is 3.72. The molecule has 0 aliphatic carbocycles. The van der Waals surface area contributed by atoms with Crippen LogP contribution in [0.5, 0.6) is 0 Å². The summed E-state index contributed by atoms with van der Waals surface area (Å²) in [6, 6.07) is 0. The van der Waals surface area contributed by atoms with E-state index in [4.69, 9.17) is 4.74 Å². The second-order valence-corrected chi connectivity index (χ2v) is 12.2. The fourth-order valence-electron chi connectivity index (χ4n) is 2.75. The topological polar surface area (TPSA) is 9.23 Å². The van der Waals surface area contributed by atoms with Crippen molar-refractivity contribution in [2.75, 3.05) is 6.61 Å². The zero-order valence-electron chi connectivity index (χ0n) is 11.4. The molecule has 0 aromatic heterocycles. The predicted molar refractivity (Wildman–Crippen MR) is 70.0 cm³/mol. The van der Waals surface area contributed by atoms with Crippen molar-refractivity contribution in [1.82, 2.24) is 0 Å². The van der Waals surface area contributed by atoms with Gasteiger partial charge in [-0.05, 0) is 30.7 Å². The quantitative estimate of drug-likeness (QED) is 0.637. The molecule has 0 amide bonds. The molecule has 0 bridgehead atoms. The fourth-order valence-corrected chi connectivity index (χ4v) is 6.26. The van der Waals surface area contributed by atoms with Gasteiger partial charge < -0.3 is 4.74 Å². The molecule has 0 spiro atoms. The molecule has 1 atom stereocenters. The monoisotopic (exact) mass is 228 g/mol. The molecule has 1 rings (SSSR count). The van der Waals surface area contributed by atoms with Crippen LogP contribution in [0.15, 0.2) is 0 Å². The van der Waals surface area contributed by atoms with Crippen LogP contribution in [0.3, 0.4) is 0 Å². The SMILES string of the molecule is CCC1([Si](C)(C)C(C)(C)C)CCCCO1. The third-order valence-electron chi connectivity index (χ3n) is 4.94.